The Morgan fingerprint density at radius 2 is 1.63 bits per heavy atom. The Bertz CT molecular complexity index is 852. The molecular formula is C25H29FN2O2. The molecule has 158 valence electrons. The van der Waals surface area contributed by atoms with E-state index in [9.17, 15) is 9.18 Å². The van der Waals surface area contributed by atoms with Crippen LogP contribution in [0, 0.1) is 5.82 Å². The van der Waals surface area contributed by atoms with Crippen molar-refractivity contribution in [2.45, 2.75) is 18.3 Å². The van der Waals surface area contributed by atoms with Crippen LogP contribution in [0.5, 0.6) is 0 Å². The Hall–Kier alpha value is -2.50. The van der Waals surface area contributed by atoms with E-state index < -0.39 is 5.41 Å². The third kappa shape index (κ3) is 4.63. The lowest BCUT2D eigenvalue weighted by Gasteiger charge is -2.43. The number of nitrogens with zero attached hydrogens (tertiary/aromatic N) is 2. The lowest BCUT2D eigenvalue weighted by Crippen LogP contribution is -2.56. The van der Waals surface area contributed by atoms with Crippen LogP contribution < -0.4 is 0 Å². The van der Waals surface area contributed by atoms with Crippen molar-refractivity contribution < 1.29 is 13.9 Å². The van der Waals surface area contributed by atoms with E-state index in [1.807, 2.05) is 23.1 Å². The number of halogens is 1. The van der Waals surface area contributed by atoms with E-state index in [0.29, 0.717) is 26.1 Å². The van der Waals surface area contributed by atoms with Crippen molar-refractivity contribution in [1.82, 2.24) is 9.80 Å². The Balaban J connectivity index is 1.38. The zero-order valence-electron chi connectivity index (χ0n) is 17.3. The Kier molecular flexibility index (Phi) is 6.60. The third-order valence-corrected chi connectivity index (χ3v) is 6.29. The van der Waals surface area contributed by atoms with E-state index in [1.165, 1.54) is 17.7 Å². The van der Waals surface area contributed by atoms with Gasteiger partial charge >= 0.3 is 0 Å². The van der Waals surface area contributed by atoms with E-state index in [0.717, 1.165) is 38.3 Å². The molecule has 2 aliphatic heterocycles. The normalized spacial score (nSPS) is 19.8. The zero-order chi connectivity index (χ0) is 20.8. The van der Waals surface area contributed by atoms with Crippen molar-refractivity contribution in [2.75, 3.05) is 45.9 Å². The molecule has 30 heavy (non-hydrogen) atoms. The number of carbonyl (C=O) groups is 1. The van der Waals surface area contributed by atoms with Crippen molar-refractivity contribution in [3.63, 3.8) is 0 Å². The highest BCUT2D eigenvalue weighted by molar-refractivity contribution is 5.88. The van der Waals surface area contributed by atoms with Gasteiger partial charge < -0.3 is 9.64 Å². The van der Waals surface area contributed by atoms with Gasteiger partial charge in [0, 0.05) is 45.9 Å². The minimum absolute atomic E-state index is 0.164. The molecule has 0 unspecified atom stereocenters. The van der Waals surface area contributed by atoms with E-state index in [-0.39, 0.29) is 11.7 Å². The number of benzene rings is 2. The van der Waals surface area contributed by atoms with Gasteiger partial charge in [-0.05, 0) is 36.1 Å². The summed E-state index contributed by atoms with van der Waals surface area (Å²) in [5, 5.41) is 0. The second kappa shape index (κ2) is 9.54. The highest BCUT2D eigenvalue weighted by Gasteiger charge is 2.44. The van der Waals surface area contributed by atoms with Gasteiger partial charge in [0.15, 0.2) is 0 Å². The van der Waals surface area contributed by atoms with Crippen LogP contribution in [-0.4, -0.2) is 61.6 Å². The van der Waals surface area contributed by atoms with E-state index in [2.05, 4.69) is 29.2 Å². The molecule has 0 radical (unpaired) electrons. The predicted octanol–water partition coefficient (Wildman–Crippen LogP) is 3.73. The smallest absolute Gasteiger partial charge is 0.233 e. The van der Waals surface area contributed by atoms with Gasteiger partial charge in [-0.15, -0.1) is 0 Å². The van der Waals surface area contributed by atoms with Crippen LogP contribution in [0.4, 0.5) is 4.39 Å². The van der Waals surface area contributed by atoms with Crippen molar-refractivity contribution in [3.8, 4) is 0 Å². The van der Waals surface area contributed by atoms with Crippen LogP contribution in [0.2, 0.25) is 0 Å². The fraction of sp³-hybridized carbons (Fsp3) is 0.400. The number of carbonyl (C=O) groups excluding carboxylic acids is 1. The molecule has 0 saturated carbocycles. The summed E-state index contributed by atoms with van der Waals surface area (Å²) in [5.74, 6) is -0.109. The molecule has 1 amide bonds. The average molecular weight is 409 g/mol. The molecule has 4 nitrogen and oxygen atoms in total. The largest absolute Gasteiger partial charge is 0.381 e. The molecule has 2 aromatic carbocycles. The predicted molar refractivity (Wildman–Crippen MR) is 117 cm³/mol. The number of ether oxygens (including phenoxy) is 1. The summed E-state index contributed by atoms with van der Waals surface area (Å²) in [6, 6.07) is 16.7. The van der Waals surface area contributed by atoms with Crippen molar-refractivity contribution >= 4 is 12.0 Å². The van der Waals surface area contributed by atoms with Crippen LogP contribution in [0.3, 0.4) is 0 Å². The molecule has 4 rings (SSSR count). The van der Waals surface area contributed by atoms with Gasteiger partial charge in [0.05, 0.1) is 5.41 Å². The lowest BCUT2D eigenvalue weighted by atomic mass is 9.73. The zero-order valence-corrected chi connectivity index (χ0v) is 17.3. The summed E-state index contributed by atoms with van der Waals surface area (Å²) in [5.41, 5.74) is 1.51. The first-order valence-corrected chi connectivity index (χ1v) is 10.7. The number of hydrogen-bond donors (Lipinski definition) is 0. The average Bonchev–Trinajstić information content (AvgIpc) is 2.81. The highest BCUT2D eigenvalue weighted by Crippen LogP contribution is 2.37. The Morgan fingerprint density at radius 3 is 2.30 bits per heavy atom. The maximum atomic E-state index is 13.6. The Labute approximate surface area is 177 Å². The summed E-state index contributed by atoms with van der Waals surface area (Å²) in [6.45, 7) is 5.18. The fourth-order valence-electron chi connectivity index (χ4n) is 4.45. The summed E-state index contributed by atoms with van der Waals surface area (Å²) in [4.78, 5) is 18.0. The van der Waals surface area contributed by atoms with Crippen molar-refractivity contribution in [3.05, 3.63) is 77.6 Å². The molecule has 2 heterocycles. The van der Waals surface area contributed by atoms with E-state index >= 15 is 0 Å². The SMILES string of the molecule is O=C(N1CCN(CC=Cc2ccccc2)CC1)C1(c2ccc(F)cc2)CCOCC1. The molecule has 2 aliphatic rings. The maximum absolute atomic E-state index is 13.6. The molecule has 2 saturated heterocycles. The minimum Gasteiger partial charge on any atom is -0.381 e. The van der Waals surface area contributed by atoms with E-state index in [4.69, 9.17) is 4.74 Å². The van der Waals surface area contributed by atoms with Gasteiger partial charge in [0.1, 0.15) is 5.82 Å². The van der Waals surface area contributed by atoms with Gasteiger partial charge in [-0.2, -0.15) is 0 Å². The summed E-state index contributed by atoms with van der Waals surface area (Å²) in [7, 11) is 0. The molecule has 0 N–H and O–H groups in total. The molecule has 0 atom stereocenters. The molecule has 0 spiro atoms. The second-order valence-corrected chi connectivity index (χ2v) is 8.11. The molecule has 2 aromatic rings. The van der Waals surface area contributed by atoms with Crippen LogP contribution in [0.25, 0.3) is 6.08 Å². The van der Waals surface area contributed by atoms with Crippen LogP contribution in [0.1, 0.15) is 24.0 Å². The molecule has 2 fully saturated rings. The third-order valence-electron chi connectivity index (χ3n) is 6.29. The number of hydrogen-bond acceptors (Lipinski definition) is 3. The highest BCUT2D eigenvalue weighted by atomic mass is 19.1. The van der Waals surface area contributed by atoms with Crippen LogP contribution in [0.15, 0.2) is 60.7 Å². The molecule has 0 aromatic heterocycles. The molecule has 5 heteroatoms. The molecule has 0 aliphatic carbocycles. The van der Waals surface area contributed by atoms with Gasteiger partial charge in [-0.25, -0.2) is 4.39 Å². The molecular weight excluding hydrogens is 379 g/mol. The van der Waals surface area contributed by atoms with E-state index in [1.54, 1.807) is 12.1 Å². The Morgan fingerprint density at radius 1 is 0.967 bits per heavy atom. The number of rotatable bonds is 5. The summed E-state index contributed by atoms with van der Waals surface area (Å²) < 4.78 is 19.0. The summed E-state index contributed by atoms with van der Waals surface area (Å²) in [6.07, 6.45) is 5.63. The standard InChI is InChI=1S/C25H29FN2O2/c26-23-10-8-22(9-11-23)25(12-19-30-20-13-25)24(29)28-17-15-27(16-18-28)14-4-7-21-5-2-1-3-6-21/h1-11H,12-20H2. The quantitative estimate of drug-likeness (QED) is 0.756. The van der Waals surface area contributed by atoms with Gasteiger partial charge in [-0.3, -0.25) is 9.69 Å². The number of piperazine rings is 1. The first kappa shape index (κ1) is 20.8. The minimum atomic E-state index is -0.596. The first-order chi connectivity index (χ1) is 14.7. The maximum Gasteiger partial charge on any atom is 0.233 e. The monoisotopic (exact) mass is 408 g/mol. The molecule has 0 bridgehead atoms. The van der Waals surface area contributed by atoms with Gasteiger partial charge in [-0.1, -0.05) is 54.6 Å². The topological polar surface area (TPSA) is 32.8 Å². The first-order valence-electron chi connectivity index (χ1n) is 10.7. The van der Waals surface area contributed by atoms with Gasteiger partial charge in [0.25, 0.3) is 0 Å². The number of amides is 1. The summed E-state index contributed by atoms with van der Waals surface area (Å²) >= 11 is 0. The van der Waals surface area contributed by atoms with Gasteiger partial charge in [0.2, 0.25) is 5.91 Å². The lowest BCUT2D eigenvalue weighted by molar-refractivity contribution is -0.143. The van der Waals surface area contributed by atoms with Crippen molar-refractivity contribution in [2.24, 2.45) is 0 Å². The van der Waals surface area contributed by atoms with Crippen molar-refractivity contribution in [1.29, 1.82) is 0 Å². The van der Waals surface area contributed by atoms with Crippen LogP contribution in [-0.2, 0) is 14.9 Å². The fourth-order valence-corrected chi connectivity index (χ4v) is 4.45. The van der Waals surface area contributed by atoms with Crippen LogP contribution >= 0.6 is 0 Å². The second-order valence-electron chi connectivity index (χ2n) is 8.11.